The van der Waals surface area contributed by atoms with E-state index in [4.69, 9.17) is 4.74 Å². The first-order valence-corrected chi connectivity index (χ1v) is 6.65. The molecule has 2 bridgehead atoms. The molecule has 0 saturated carbocycles. The Bertz CT molecular complexity index is 338. The Hall–Kier alpha value is -0.505. The van der Waals surface area contributed by atoms with E-state index in [9.17, 15) is 4.79 Å². The molecule has 2 unspecified atom stereocenters. The zero-order chi connectivity index (χ0) is 13.0. The van der Waals surface area contributed by atoms with Crippen LogP contribution in [0.2, 0.25) is 5.82 Å². The van der Waals surface area contributed by atoms with Gasteiger partial charge in [-0.1, -0.05) is 33.5 Å². The molecule has 0 N–H and O–H groups in total. The predicted octanol–water partition coefficient (Wildman–Crippen LogP) is 1.97. The van der Waals surface area contributed by atoms with Crippen LogP contribution in [-0.2, 0) is 9.53 Å². The monoisotopic (exact) mass is 237 g/mol. The summed E-state index contributed by atoms with van der Waals surface area (Å²) in [6, 6.07) is -0.0228. The Morgan fingerprint density at radius 1 is 1.35 bits per heavy atom. The Balaban J connectivity index is 2.37. The topological polar surface area (TPSA) is 29.5 Å². The normalized spacial score (nSPS) is 34.9. The molecule has 96 valence electrons. The second kappa shape index (κ2) is 3.74. The molecule has 4 heteroatoms. The third-order valence-corrected chi connectivity index (χ3v) is 5.01. The van der Waals surface area contributed by atoms with E-state index < -0.39 is 0 Å². The number of carbonyl (C=O) groups excluding carboxylic acids is 1. The molecule has 0 aliphatic carbocycles. The summed E-state index contributed by atoms with van der Waals surface area (Å²) in [5, 5.41) is 0. The summed E-state index contributed by atoms with van der Waals surface area (Å²) in [5.41, 5.74) is 0.00155. The highest BCUT2D eigenvalue weighted by molar-refractivity contribution is 6.35. The fraction of sp³-hybridized carbons (Fsp3) is 0.923. The molecular weight excluding hydrogens is 213 g/mol. The summed E-state index contributed by atoms with van der Waals surface area (Å²) >= 11 is 0. The van der Waals surface area contributed by atoms with Crippen molar-refractivity contribution in [2.75, 3.05) is 0 Å². The molecule has 2 rings (SSSR count). The molecule has 0 aromatic rings. The highest BCUT2D eigenvalue weighted by Crippen LogP contribution is 2.50. The minimum Gasteiger partial charge on any atom is -0.461 e. The van der Waals surface area contributed by atoms with Crippen molar-refractivity contribution in [3.8, 4) is 0 Å². The summed E-state index contributed by atoms with van der Waals surface area (Å²) in [7, 11) is 0.961. The van der Waals surface area contributed by atoms with E-state index in [-0.39, 0.29) is 29.1 Å². The summed E-state index contributed by atoms with van der Waals surface area (Å²) in [6.07, 6.45) is 0.945. The lowest BCUT2D eigenvalue weighted by atomic mass is 9.59. The standard InChI is InChI=1S/C13H24BNO2/c1-8(2)14-15-9-7-10(17-11(9)16)12(3,4)13(15,5)6/h8-10,14H,7H2,1-6H3. The first-order valence-electron chi connectivity index (χ1n) is 6.65. The Kier molecular flexibility index (Phi) is 2.85. The zero-order valence-electron chi connectivity index (χ0n) is 11.9. The number of hydrogen-bond donors (Lipinski definition) is 0. The molecule has 2 aliphatic heterocycles. The van der Waals surface area contributed by atoms with Crippen molar-refractivity contribution in [1.82, 2.24) is 4.81 Å². The third kappa shape index (κ3) is 1.72. The van der Waals surface area contributed by atoms with Crippen LogP contribution >= 0.6 is 0 Å². The molecule has 0 aromatic heterocycles. The maximum atomic E-state index is 12.0. The summed E-state index contributed by atoms with van der Waals surface area (Å²) < 4.78 is 5.57. The third-order valence-electron chi connectivity index (χ3n) is 5.01. The number of ether oxygens (including phenoxy) is 1. The molecule has 2 heterocycles. The first kappa shape index (κ1) is 12.9. The van der Waals surface area contributed by atoms with Gasteiger partial charge in [0, 0.05) is 17.4 Å². The number of hydrogen-bond acceptors (Lipinski definition) is 3. The van der Waals surface area contributed by atoms with Crippen LogP contribution < -0.4 is 0 Å². The van der Waals surface area contributed by atoms with E-state index in [0.29, 0.717) is 5.82 Å². The van der Waals surface area contributed by atoms with Crippen molar-refractivity contribution in [1.29, 1.82) is 0 Å². The molecule has 3 nitrogen and oxygen atoms in total. The predicted molar refractivity (Wildman–Crippen MR) is 70.2 cm³/mol. The Morgan fingerprint density at radius 2 is 1.94 bits per heavy atom. The van der Waals surface area contributed by atoms with E-state index in [1.165, 1.54) is 0 Å². The van der Waals surface area contributed by atoms with E-state index in [0.717, 1.165) is 13.8 Å². The van der Waals surface area contributed by atoms with Gasteiger partial charge >= 0.3 is 5.97 Å². The lowest BCUT2D eigenvalue weighted by Crippen LogP contribution is -2.65. The van der Waals surface area contributed by atoms with E-state index in [1.54, 1.807) is 0 Å². The maximum absolute atomic E-state index is 12.0. The molecule has 0 spiro atoms. The van der Waals surface area contributed by atoms with Crippen LogP contribution in [0.1, 0.15) is 48.0 Å². The number of esters is 1. The van der Waals surface area contributed by atoms with E-state index in [1.807, 2.05) is 0 Å². The molecule has 2 fully saturated rings. The van der Waals surface area contributed by atoms with Gasteiger partial charge < -0.3 is 9.55 Å². The molecule has 0 radical (unpaired) electrons. The lowest BCUT2D eigenvalue weighted by Gasteiger charge is -2.55. The Morgan fingerprint density at radius 3 is 2.47 bits per heavy atom. The number of rotatable bonds is 2. The van der Waals surface area contributed by atoms with Crippen LogP contribution in [0.4, 0.5) is 0 Å². The second-order valence-electron chi connectivity index (χ2n) is 7.00. The average Bonchev–Trinajstić information content (AvgIpc) is 2.53. The van der Waals surface area contributed by atoms with Crippen molar-refractivity contribution in [2.24, 2.45) is 5.41 Å². The van der Waals surface area contributed by atoms with Gasteiger partial charge in [-0.3, -0.25) is 4.79 Å². The average molecular weight is 237 g/mol. The van der Waals surface area contributed by atoms with Crippen molar-refractivity contribution < 1.29 is 9.53 Å². The molecule has 17 heavy (non-hydrogen) atoms. The van der Waals surface area contributed by atoms with Crippen LogP contribution in [0.5, 0.6) is 0 Å². The molecule has 2 atom stereocenters. The zero-order valence-corrected chi connectivity index (χ0v) is 11.9. The first-order chi connectivity index (χ1) is 7.68. The number of fused-ring (bicyclic) bond motifs is 2. The van der Waals surface area contributed by atoms with Crippen LogP contribution in [0.25, 0.3) is 0 Å². The molecule has 0 amide bonds. The van der Waals surface area contributed by atoms with Crippen molar-refractivity contribution in [3.63, 3.8) is 0 Å². The number of nitrogens with zero attached hydrogens (tertiary/aromatic N) is 1. The second-order valence-corrected chi connectivity index (χ2v) is 7.00. The van der Waals surface area contributed by atoms with Crippen molar-refractivity contribution in [2.45, 2.75) is 71.5 Å². The molecular formula is C13H24BNO2. The van der Waals surface area contributed by atoms with Gasteiger partial charge in [-0.05, 0) is 13.8 Å². The van der Waals surface area contributed by atoms with Crippen LogP contribution in [0.15, 0.2) is 0 Å². The van der Waals surface area contributed by atoms with E-state index in [2.05, 4.69) is 46.4 Å². The summed E-state index contributed by atoms with van der Waals surface area (Å²) in [4.78, 5) is 14.3. The number of carbonyl (C=O) groups is 1. The minimum absolute atomic E-state index is 0.00296. The van der Waals surface area contributed by atoms with Crippen molar-refractivity contribution in [3.05, 3.63) is 0 Å². The van der Waals surface area contributed by atoms with Crippen LogP contribution in [0, 0.1) is 5.41 Å². The van der Waals surface area contributed by atoms with E-state index >= 15 is 0 Å². The van der Waals surface area contributed by atoms with Crippen LogP contribution in [0.3, 0.4) is 0 Å². The molecule has 2 saturated heterocycles. The smallest absolute Gasteiger partial charge is 0.322 e. The quantitative estimate of drug-likeness (QED) is 0.543. The van der Waals surface area contributed by atoms with Gasteiger partial charge in [0.2, 0.25) is 7.41 Å². The van der Waals surface area contributed by atoms with Gasteiger partial charge in [0.15, 0.2) is 0 Å². The fourth-order valence-corrected chi connectivity index (χ4v) is 3.16. The summed E-state index contributed by atoms with van der Waals surface area (Å²) in [6.45, 7) is 13.3. The highest BCUT2D eigenvalue weighted by atomic mass is 16.6. The summed E-state index contributed by atoms with van der Waals surface area (Å²) in [5.74, 6) is 0.546. The van der Waals surface area contributed by atoms with Gasteiger partial charge in [-0.15, -0.1) is 0 Å². The SMILES string of the molecule is CC(C)BN1C2CC(OC2=O)C(C)(C)C1(C)C. The van der Waals surface area contributed by atoms with Crippen molar-refractivity contribution >= 4 is 13.4 Å². The van der Waals surface area contributed by atoms with Gasteiger partial charge in [0.05, 0.1) is 0 Å². The maximum Gasteiger partial charge on any atom is 0.322 e. The van der Waals surface area contributed by atoms with Crippen LogP contribution in [-0.4, -0.2) is 35.9 Å². The highest BCUT2D eigenvalue weighted by Gasteiger charge is 2.60. The Labute approximate surface area is 105 Å². The minimum atomic E-state index is -0.0228. The molecule has 0 aromatic carbocycles. The fourth-order valence-electron chi connectivity index (χ4n) is 3.16. The molecule has 2 aliphatic rings. The van der Waals surface area contributed by atoms with Gasteiger partial charge in [0.1, 0.15) is 12.1 Å². The van der Waals surface area contributed by atoms with Gasteiger partial charge in [-0.25, -0.2) is 0 Å². The van der Waals surface area contributed by atoms with Gasteiger partial charge in [-0.2, -0.15) is 0 Å². The largest absolute Gasteiger partial charge is 0.461 e. The number of piperidine rings is 1. The van der Waals surface area contributed by atoms with Gasteiger partial charge in [0.25, 0.3) is 0 Å². The lowest BCUT2D eigenvalue weighted by molar-refractivity contribution is -0.145.